The Morgan fingerprint density at radius 1 is 1.12 bits per heavy atom. The van der Waals surface area contributed by atoms with Crippen LogP contribution in [0.5, 0.6) is 0 Å². The molecule has 1 saturated heterocycles. The Hall–Kier alpha value is -2.02. The van der Waals surface area contributed by atoms with Gasteiger partial charge in [0.1, 0.15) is 0 Å². The van der Waals surface area contributed by atoms with Crippen molar-refractivity contribution in [3.63, 3.8) is 0 Å². The third-order valence-electron chi connectivity index (χ3n) is 4.14. The number of halogens is 2. The van der Waals surface area contributed by atoms with Crippen LogP contribution in [0.4, 0.5) is 14.5 Å². The Labute approximate surface area is 140 Å². The zero-order valence-electron chi connectivity index (χ0n) is 14.0. The van der Waals surface area contributed by atoms with Crippen molar-refractivity contribution in [3.8, 4) is 0 Å². The van der Waals surface area contributed by atoms with E-state index in [0.717, 1.165) is 25.2 Å². The van der Waals surface area contributed by atoms with Gasteiger partial charge in [-0.25, -0.2) is 8.78 Å². The number of piperidine rings is 1. The average Bonchev–Trinajstić information content (AvgIpc) is 2.48. The summed E-state index contributed by atoms with van der Waals surface area (Å²) < 4.78 is 25.9. The van der Waals surface area contributed by atoms with Gasteiger partial charge in [0.25, 0.3) is 5.91 Å². The van der Waals surface area contributed by atoms with Crippen LogP contribution in [0.25, 0.3) is 0 Å². The normalized spacial score (nSPS) is 23.6. The molecule has 0 aromatic heterocycles. The molecule has 1 aromatic carbocycles. The second-order valence-corrected chi connectivity index (χ2v) is 6.73. The first kappa shape index (κ1) is 18.3. The number of rotatable bonds is 5. The van der Waals surface area contributed by atoms with E-state index < -0.39 is 17.5 Å². The van der Waals surface area contributed by atoms with Gasteiger partial charge in [-0.15, -0.1) is 0 Å². The van der Waals surface area contributed by atoms with Crippen molar-refractivity contribution in [1.82, 2.24) is 5.32 Å². The summed E-state index contributed by atoms with van der Waals surface area (Å²) in [6.07, 6.45) is 1.18. The number of nitrogens with one attached hydrogen (secondary N) is 3. The van der Waals surface area contributed by atoms with E-state index in [1.807, 2.05) is 0 Å². The molecule has 5 nitrogen and oxygen atoms in total. The smallest absolute Gasteiger partial charge is 0.275 e. The summed E-state index contributed by atoms with van der Waals surface area (Å²) >= 11 is 0. The Bertz CT molecular complexity index is 599. The molecule has 132 valence electrons. The van der Waals surface area contributed by atoms with Gasteiger partial charge < -0.3 is 15.5 Å². The van der Waals surface area contributed by atoms with Gasteiger partial charge in [0.2, 0.25) is 5.91 Å². The van der Waals surface area contributed by atoms with Crippen molar-refractivity contribution in [3.05, 3.63) is 29.8 Å². The molecule has 0 bridgehead atoms. The summed E-state index contributed by atoms with van der Waals surface area (Å²) in [5.74, 6) is -1.50. The quantitative estimate of drug-likeness (QED) is 0.734. The maximum absolute atomic E-state index is 13.1. The molecule has 0 spiro atoms. The molecule has 0 saturated carbocycles. The first-order chi connectivity index (χ1) is 11.3. The molecule has 3 N–H and O–H groups in total. The topological polar surface area (TPSA) is 62.6 Å². The van der Waals surface area contributed by atoms with Crippen molar-refractivity contribution >= 4 is 17.5 Å². The van der Waals surface area contributed by atoms with Crippen LogP contribution in [0, 0.1) is 23.5 Å². The average molecular weight is 340 g/mol. The van der Waals surface area contributed by atoms with Gasteiger partial charge in [-0.1, -0.05) is 13.8 Å². The summed E-state index contributed by atoms with van der Waals surface area (Å²) in [5, 5.41) is 4.98. The zero-order valence-corrected chi connectivity index (χ0v) is 14.0. The Morgan fingerprint density at radius 3 is 2.42 bits per heavy atom. The highest BCUT2D eigenvalue weighted by molar-refractivity contribution is 5.94. The minimum absolute atomic E-state index is 0.150. The largest absolute Gasteiger partial charge is 0.342 e. The van der Waals surface area contributed by atoms with Crippen molar-refractivity contribution in [2.45, 2.75) is 20.3 Å². The molecule has 7 heteroatoms. The fraction of sp³-hybridized carbons (Fsp3) is 0.529. The molecule has 0 aliphatic carbocycles. The van der Waals surface area contributed by atoms with Crippen molar-refractivity contribution in [2.75, 3.05) is 31.5 Å². The van der Waals surface area contributed by atoms with Gasteiger partial charge in [-0.05, 0) is 18.6 Å². The standard InChI is InChI=1S/C17H23F2N3O2/c1-11-5-12(2)9-22(8-11)10-17(24)20-7-16(23)21-13-3-4-14(18)15(19)6-13/h3-4,6,11-12H,5,7-10H2,1-2H3,(H,20,24)(H,21,23)/p+1/t11-,12-/m1/s1. The third-order valence-corrected chi connectivity index (χ3v) is 4.14. The van der Waals surface area contributed by atoms with Gasteiger partial charge >= 0.3 is 0 Å². The van der Waals surface area contributed by atoms with Crippen LogP contribution < -0.4 is 15.5 Å². The van der Waals surface area contributed by atoms with E-state index in [1.54, 1.807) is 0 Å². The highest BCUT2D eigenvalue weighted by atomic mass is 19.2. The second-order valence-electron chi connectivity index (χ2n) is 6.73. The highest BCUT2D eigenvalue weighted by Crippen LogP contribution is 2.13. The maximum atomic E-state index is 13.1. The van der Waals surface area contributed by atoms with E-state index in [1.165, 1.54) is 17.4 Å². The molecular formula is C17H24F2N3O2+. The fourth-order valence-corrected chi connectivity index (χ4v) is 3.31. The predicted molar refractivity (Wildman–Crippen MR) is 86.5 cm³/mol. The number of hydrogen-bond donors (Lipinski definition) is 3. The molecular weight excluding hydrogens is 316 g/mol. The van der Waals surface area contributed by atoms with Crippen molar-refractivity contribution in [2.24, 2.45) is 11.8 Å². The van der Waals surface area contributed by atoms with Crippen LogP contribution in [-0.4, -0.2) is 38.0 Å². The maximum Gasteiger partial charge on any atom is 0.275 e. The van der Waals surface area contributed by atoms with Crippen LogP contribution in [-0.2, 0) is 9.59 Å². The number of anilines is 1. The fourth-order valence-electron chi connectivity index (χ4n) is 3.31. The van der Waals surface area contributed by atoms with Crippen LogP contribution in [0.15, 0.2) is 18.2 Å². The molecule has 1 aliphatic heterocycles. The lowest BCUT2D eigenvalue weighted by Gasteiger charge is -2.31. The highest BCUT2D eigenvalue weighted by Gasteiger charge is 2.26. The Morgan fingerprint density at radius 2 is 1.79 bits per heavy atom. The lowest BCUT2D eigenvalue weighted by Crippen LogP contribution is -3.15. The van der Waals surface area contributed by atoms with Crippen LogP contribution >= 0.6 is 0 Å². The number of hydrogen-bond acceptors (Lipinski definition) is 2. The minimum Gasteiger partial charge on any atom is -0.342 e. The van der Waals surface area contributed by atoms with Crippen molar-refractivity contribution < 1.29 is 23.3 Å². The van der Waals surface area contributed by atoms with Crippen LogP contribution in [0.2, 0.25) is 0 Å². The lowest BCUT2D eigenvalue weighted by atomic mass is 9.92. The number of carbonyl (C=O) groups is 2. The molecule has 2 rings (SSSR count). The number of quaternary nitrogens is 1. The Kier molecular flexibility index (Phi) is 6.25. The van der Waals surface area contributed by atoms with Gasteiger partial charge in [0.05, 0.1) is 19.6 Å². The SMILES string of the molecule is C[C@@H]1C[C@@H](C)C[NH+](CC(=O)NCC(=O)Nc2ccc(F)c(F)c2)C1. The van der Waals surface area contributed by atoms with Crippen LogP contribution in [0.1, 0.15) is 20.3 Å². The third kappa shape index (κ3) is 5.56. The van der Waals surface area contributed by atoms with E-state index in [0.29, 0.717) is 18.4 Å². The molecule has 1 fully saturated rings. The Balaban J connectivity index is 1.74. The summed E-state index contributed by atoms with van der Waals surface area (Å²) in [6.45, 7) is 6.42. The molecule has 1 aromatic rings. The predicted octanol–water partition coefficient (Wildman–Crippen LogP) is 0.580. The van der Waals surface area contributed by atoms with E-state index in [9.17, 15) is 18.4 Å². The van der Waals surface area contributed by atoms with Gasteiger partial charge in [0, 0.05) is 23.6 Å². The zero-order chi connectivity index (χ0) is 17.7. The second kappa shape index (κ2) is 8.19. The van der Waals surface area contributed by atoms with E-state index in [2.05, 4.69) is 24.5 Å². The number of likely N-dealkylation sites (tertiary alicyclic amines) is 1. The molecule has 1 heterocycles. The molecule has 2 amide bonds. The first-order valence-corrected chi connectivity index (χ1v) is 8.18. The van der Waals surface area contributed by atoms with E-state index in [4.69, 9.17) is 0 Å². The van der Waals surface area contributed by atoms with Crippen LogP contribution in [0.3, 0.4) is 0 Å². The molecule has 1 aliphatic rings. The monoisotopic (exact) mass is 340 g/mol. The minimum atomic E-state index is -1.03. The van der Waals surface area contributed by atoms with Gasteiger partial charge in [0.15, 0.2) is 18.2 Å². The number of benzene rings is 1. The van der Waals surface area contributed by atoms with E-state index >= 15 is 0 Å². The number of amides is 2. The summed E-state index contributed by atoms with van der Waals surface area (Å²) in [4.78, 5) is 24.9. The van der Waals surface area contributed by atoms with Gasteiger partial charge in [-0.3, -0.25) is 9.59 Å². The van der Waals surface area contributed by atoms with E-state index in [-0.39, 0.29) is 18.1 Å². The molecule has 24 heavy (non-hydrogen) atoms. The molecule has 0 radical (unpaired) electrons. The number of carbonyl (C=O) groups excluding carboxylic acids is 2. The summed E-state index contributed by atoms with van der Waals surface area (Å²) in [5.41, 5.74) is 0.150. The molecule has 0 unspecified atom stereocenters. The van der Waals surface area contributed by atoms with Gasteiger partial charge in [-0.2, -0.15) is 0 Å². The summed E-state index contributed by atoms with van der Waals surface area (Å²) in [7, 11) is 0. The first-order valence-electron chi connectivity index (χ1n) is 8.18. The van der Waals surface area contributed by atoms with Crippen molar-refractivity contribution in [1.29, 1.82) is 0 Å². The molecule has 2 atom stereocenters. The summed E-state index contributed by atoms with van der Waals surface area (Å²) in [6, 6.07) is 3.10. The lowest BCUT2D eigenvalue weighted by molar-refractivity contribution is -0.904.